The Balaban J connectivity index is 2.65. The molecule has 3 nitrogen and oxygen atoms in total. The SMILES string of the molecule is CC(C)CC(CN)C(=O)NC(C)c1cccc(F)c1. The van der Waals surface area contributed by atoms with Crippen molar-refractivity contribution in [2.24, 2.45) is 17.6 Å². The molecule has 1 aromatic carbocycles. The first-order valence-corrected chi connectivity index (χ1v) is 6.70. The van der Waals surface area contributed by atoms with Gasteiger partial charge in [0.25, 0.3) is 0 Å². The lowest BCUT2D eigenvalue weighted by molar-refractivity contribution is -0.125. The van der Waals surface area contributed by atoms with Crippen LogP contribution < -0.4 is 11.1 Å². The molecule has 0 fully saturated rings. The zero-order chi connectivity index (χ0) is 14.4. The highest BCUT2D eigenvalue weighted by Crippen LogP contribution is 2.16. The number of hydrogen-bond donors (Lipinski definition) is 2. The fourth-order valence-electron chi connectivity index (χ4n) is 2.07. The summed E-state index contributed by atoms with van der Waals surface area (Å²) in [7, 11) is 0. The van der Waals surface area contributed by atoms with E-state index in [1.807, 2.05) is 6.92 Å². The Labute approximate surface area is 114 Å². The number of hydrogen-bond acceptors (Lipinski definition) is 2. The molecule has 0 spiro atoms. The number of nitrogens with two attached hydrogens (primary N) is 1. The molecule has 0 radical (unpaired) electrons. The number of amides is 1. The maximum Gasteiger partial charge on any atom is 0.224 e. The Kier molecular flexibility index (Phi) is 5.96. The molecule has 4 heteroatoms. The highest BCUT2D eigenvalue weighted by atomic mass is 19.1. The molecule has 0 aliphatic rings. The highest BCUT2D eigenvalue weighted by molar-refractivity contribution is 5.79. The van der Waals surface area contributed by atoms with E-state index in [0.29, 0.717) is 12.5 Å². The van der Waals surface area contributed by atoms with Crippen LogP contribution in [0.2, 0.25) is 0 Å². The molecule has 1 amide bonds. The van der Waals surface area contributed by atoms with E-state index >= 15 is 0 Å². The summed E-state index contributed by atoms with van der Waals surface area (Å²) in [6, 6.07) is 6.05. The number of rotatable bonds is 6. The van der Waals surface area contributed by atoms with Crippen LogP contribution in [0, 0.1) is 17.7 Å². The van der Waals surface area contributed by atoms with Crippen LogP contribution in [0.3, 0.4) is 0 Å². The molecule has 1 aromatic rings. The number of nitrogens with one attached hydrogen (secondary N) is 1. The summed E-state index contributed by atoms with van der Waals surface area (Å²) in [5, 5.41) is 2.89. The predicted octanol–water partition coefficient (Wildman–Crippen LogP) is 2.62. The van der Waals surface area contributed by atoms with Crippen molar-refractivity contribution in [3.8, 4) is 0 Å². The second-order valence-electron chi connectivity index (χ2n) is 5.35. The third-order valence-corrected chi connectivity index (χ3v) is 3.12. The smallest absolute Gasteiger partial charge is 0.224 e. The minimum atomic E-state index is -0.295. The molecule has 0 aliphatic heterocycles. The van der Waals surface area contributed by atoms with Gasteiger partial charge >= 0.3 is 0 Å². The Morgan fingerprint density at radius 3 is 2.58 bits per heavy atom. The van der Waals surface area contributed by atoms with Crippen molar-refractivity contribution >= 4 is 5.91 Å². The fourth-order valence-corrected chi connectivity index (χ4v) is 2.07. The maximum atomic E-state index is 13.1. The number of carbonyl (C=O) groups excluding carboxylic acids is 1. The van der Waals surface area contributed by atoms with E-state index in [1.165, 1.54) is 12.1 Å². The van der Waals surface area contributed by atoms with Crippen LogP contribution in [-0.2, 0) is 4.79 Å². The molecule has 19 heavy (non-hydrogen) atoms. The van der Waals surface area contributed by atoms with Crippen molar-refractivity contribution in [2.75, 3.05) is 6.54 Å². The Morgan fingerprint density at radius 2 is 2.05 bits per heavy atom. The summed E-state index contributed by atoms with van der Waals surface area (Å²) < 4.78 is 13.1. The number of halogens is 1. The van der Waals surface area contributed by atoms with Gasteiger partial charge in [-0.05, 0) is 37.0 Å². The molecule has 2 unspecified atom stereocenters. The van der Waals surface area contributed by atoms with E-state index in [2.05, 4.69) is 19.2 Å². The first-order chi connectivity index (χ1) is 8.93. The molecule has 0 bridgehead atoms. The summed E-state index contributed by atoms with van der Waals surface area (Å²) in [6.07, 6.45) is 0.762. The Bertz CT molecular complexity index is 420. The van der Waals surface area contributed by atoms with Gasteiger partial charge in [0, 0.05) is 6.54 Å². The van der Waals surface area contributed by atoms with Gasteiger partial charge in [0.05, 0.1) is 12.0 Å². The van der Waals surface area contributed by atoms with Crippen LogP contribution in [0.15, 0.2) is 24.3 Å². The molecule has 0 heterocycles. The van der Waals surface area contributed by atoms with E-state index in [9.17, 15) is 9.18 Å². The largest absolute Gasteiger partial charge is 0.349 e. The van der Waals surface area contributed by atoms with Gasteiger partial charge < -0.3 is 11.1 Å². The zero-order valence-electron chi connectivity index (χ0n) is 11.8. The lowest BCUT2D eigenvalue weighted by Gasteiger charge is -2.20. The van der Waals surface area contributed by atoms with Crippen LogP contribution in [-0.4, -0.2) is 12.5 Å². The summed E-state index contributed by atoms with van der Waals surface area (Å²) in [5.41, 5.74) is 6.40. The monoisotopic (exact) mass is 266 g/mol. The molecule has 3 N–H and O–H groups in total. The fraction of sp³-hybridized carbons (Fsp3) is 0.533. The number of benzene rings is 1. The van der Waals surface area contributed by atoms with Gasteiger partial charge in [0.2, 0.25) is 5.91 Å². The van der Waals surface area contributed by atoms with Gasteiger partial charge in [-0.1, -0.05) is 26.0 Å². The van der Waals surface area contributed by atoms with Crippen LogP contribution in [0.4, 0.5) is 4.39 Å². The molecule has 0 aromatic heterocycles. The first-order valence-electron chi connectivity index (χ1n) is 6.70. The van der Waals surface area contributed by atoms with Gasteiger partial charge in [-0.2, -0.15) is 0 Å². The normalized spacial score (nSPS) is 14.2. The molecular weight excluding hydrogens is 243 g/mol. The van der Waals surface area contributed by atoms with Gasteiger partial charge in [-0.25, -0.2) is 4.39 Å². The standard InChI is InChI=1S/C15H23FN2O/c1-10(2)7-13(9-17)15(19)18-11(3)12-5-4-6-14(16)8-12/h4-6,8,10-11,13H,7,9,17H2,1-3H3,(H,18,19). The van der Waals surface area contributed by atoms with Gasteiger partial charge in [0.15, 0.2) is 0 Å². The average Bonchev–Trinajstić information content (AvgIpc) is 2.35. The third kappa shape index (κ3) is 4.99. The van der Waals surface area contributed by atoms with Crippen LogP contribution in [0.1, 0.15) is 38.8 Å². The lowest BCUT2D eigenvalue weighted by atomic mass is 9.96. The van der Waals surface area contributed by atoms with E-state index in [-0.39, 0.29) is 23.7 Å². The van der Waals surface area contributed by atoms with E-state index < -0.39 is 0 Å². The second-order valence-corrected chi connectivity index (χ2v) is 5.35. The van der Waals surface area contributed by atoms with Crippen molar-refractivity contribution < 1.29 is 9.18 Å². The molecule has 2 atom stereocenters. The van der Waals surface area contributed by atoms with Crippen LogP contribution in [0.5, 0.6) is 0 Å². The predicted molar refractivity (Wildman–Crippen MR) is 75.0 cm³/mol. The second kappa shape index (κ2) is 7.24. The van der Waals surface area contributed by atoms with Crippen LogP contribution >= 0.6 is 0 Å². The molecule has 1 rings (SSSR count). The van der Waals surface area contributed by atoms with Crippen molar-refractivity contribution in [1.82, 2.24) is 5.32 Å². The Hall–Kier alpha value is -1.42. The third-order valence-electron chi connectivity index (χ3n) is 3.12. The number of carbonyl (C=O) groups is 1. The maximum absolute atomic E-state index is 13.1. The van der Waals surface area contributed by atoms with E-state index in [1.54, 1.807) is 12.1 Å². The van der Waals surface area contributed by atoms with Gasteiger partial charge in [-0.3, -0.25) is 4.79 Å². The highest BCUT2D eigenvalue weighted by Gasteiger charge is 2.20. The van der Waals surface area contributed by atoms with Crippen molar-refractivity contribution in [3.05, 3.63) is 35.6 Å². The average molecular weight is 266 g/mol. The minimum absolute atomic E-state index is 0.0621. The Morgan fingerprint density at radius 1 is 1.37 bits per heavy atom. The lowest BCUT2D eigenvalue weighted by Crippen LogP contribution is -2.37. The van der Waals surface area contributed by atoms with E-state index in [4.69, 9.17) is 5.73 Å². The molecule has 106 valence electrons. The minimum Gasteiger partial charge on any atom is -0.349 e. The zero-order valence-corrected chi connectivity index (χ0v) is 11.8. The van der Waals surface area contributed by atoms with Crippen molar-refractivity contribution in [1.29, 1.82) is 0 Å². The summed E-state index contributed by atoms with van der Waals surface area (Å²) in [4.78, 5) is 12.1. The molecule has 0 saturated carbocycles. The topological polar surface area (TPSA) is 55.1 Å². The van der Waals surface area contributed by atoms with Crippen molar-refractivity contribution in [3.63, 3.8) is 0 Å². The molecule has 0 aliphatic carbocycles. The van der Waals surface area contributed by atoms with E-state index in [0.717, 1.165) is 12.0 Å². The summed E-state index contributed by atoms with van der Waals surface area (Å²) >= 11 is 0. The quantitative estimate of drug-likeness (QED) is 0.831. The van der Waals surface area contributed by atoms with Gasteiger partial charge in [0.1, 0.15) is 5.82 Å². The summed E-state index contributed by atoms with van der Waals surface area (Å²) in [6.45, 7) is 6.30. The summed E-state index contributed by atoms with van der Waals surface area (Å²) in [5.74, 6) is -0.121. The van der Waals surface area contributed by atoms with Crippen LogP contribution in [0.25, 0.3) is 0 Å². The molecule has 0 saturated heterocycles. The van der Waals surface area contributed by atoms with Gasteiger partial charge in [-0.15, -0.1) is 0 Å². The first kappa shape index (κ1) is 15.6. The van der Waals surface area contributed by atoms with Crippen molar-refractivity contribution in [2.45, 2.75) is 33.2 Å². The molecular formula is C15H23FN2O.